The Morgan fingerprint density at radius 3 is 2.18 bits per heavy atom. The number of nitrogens with one attached hydrogen (secondary N) is 1. The number of carbonyl (C=O) groups is 1. The van der Waals surface area contributed by atoms with Gasteiger partial charge in [0, 0.05) is 16.5 Å². The standard InChI is InChI=1S/C11H12F3NOS/c1-7(2)10(16)15-8-3-5-9(6-4-8)17-11(12,13)14/h3-7H,1-2H3,(H,15,16). The average molecular weight is 263 g/mol. The van der Waals surface area contributed by atoms with Gasteiger partial charge in [-0.1, -0.05) is 13.8 Å². The van der Waals surface area contributed by atoms with Gasteiger partial charge in [0.2, 0.25) is 5.91 Å². The Kier molecular flexibility index (Phi) is 4.45. The van der Waals surface area contributed by atoms with Crippen LogP contribution in [0, 0.1) is 5.92 Å². The second kappa shape index (κ2) is 5.44. The number of carbonyl (C=O) groups excluding carboxylic acids is 1. The van der Waals surface area contributed by atoms with E-state index in [1.54, 1.807) is 13.8 Å². The van der Waals surface area contributed by atoms with Gasteiger partial charge in [-0.25, -0.2) is 0 Å². The molecule has 0 aliphatic carbocycles. The molecular formula is C11H12F3NOS. The summed E-state index contributed by atoms with van der Waals surface area (Å²) in [6.07, 6.45) is 0. The topological polar surface area (TPSA) is 29.1 Å². The summed E-state index contributed by atoms with van der Waals surface area (Å²) in [4.78, 5) is 11.4. The van der Waals surface area contributed by atoms with Crippen LogP contribution in [0.2, 0.25) is 0 Å². The van der Waals surface area contributed by atoms with E-state index in [1.807, 2.05) is 0 Å². The van der Waals surface area contributed by atoms with E-state index >= 15 is 0 Å². The molecule has 94 valence electrons. The van der Waals surface area contributed by atoms with Crippen molar-refractivity contribution in [2.75, 3.05) is 5.32 Å². The Morgan fingerprint density at radius 2 is 1.76 bits per heavy atom. The van der Waals surface area contributed by atoms with Crippen LogP contribution in [0.1, 0.15) is 13.8 Å². The van der Waals surface area contributed by atoms with Crippen LogP contribution in [-0.4, -0.2) is 11.4 Å². The van der Waals surface area contributed by atoms with Crippen molar-refractivity contribution in [3.63, 3.8) is 0 Å². The molecule has 0 bridgehead atoms. The van der Waals surface area contributed by atoms with Crippen molar-refractivity contribution in [1.29, 1.82) is 0 Å². The Hall–Kier alpha value is -1.17. The highest BCUT2D eigenvalue weighted by Crippen LogP contribution is 2.36. The van der Waals surface area contributed by atoms with E-state index in [-0.39, 0.29) is 28.5 Å². The lowest BCUT2D eigenvalue weighted by Gasteiger charge is -2.09. The smallest absolute Gasteiger partial charge is 0.326 e. The lowest BCUT2D eigenvalue weighted by atomic mass is 10.2. The summed E-state index contributed by atoms with van der Waals surface area (Å²) in [5.74, 6) is -0.333. The third-order valence-electron chi connectivity index (χ3n) is 1.88. The summed E-state index contributed by atoms with van der Waals surface area (Å²) >= 11 is -0.178. The number of amides is 1. The van der Waals surface area contributed by atoms with Gasteiger partial charge in [0.1, 0.15) is 0 Å². The molecule has 0 heterocycles. The van der Waals surface area contributed by atoms with Crippen molar-refractivity contribution in [1.82, 2.24) is 0 Å². The Labute approximate surface area is 102 Å². The fourth-order valence-corrected chi connectivity index (χ4v) is 1.57. The number of alkyl halides is 3. The molecule has 0 unspecified atom stereocenters. The Morgan fingerprint density at radius 1 is 1.24 bits per heavy atom. The summed E-state index contributed by atoms with van der Waals surface area (Å²) < 4.78 is 36.2. The van der Waals surface area contributed by atoms with E-state index in [2.05, 4.69) is 5.32 Å². The van der Waals surface area contributed by atoms with Crippen molar-refractivity contribution in [3.8, 4) is 0 Å². The number of benzene rings is 1. The van der Waals surface area contributed by atoms with Crippen LogP contribution in [-0.2, 0) is 4.79 Å². The van der Waals surface area contributed by atoms with Crippen LogP contribution in [0.4, 0.5) is 18.9 Å². The predicted octanol–water partition coefficient (Wildman–Crippen LogP) is 3.89. The van der Waals surface area contributed by atoms with Crippen LogP contribution in [0.5, 0.6) is 0 Å². The summed E-state index contributed by atoms with van der Waals surface area (Å²) in [6.45, 7) is 3.48. The number of hydrogen-bond acceptors (Lipinski definition) is 2. The van der Waals surface area contributed by atoms with E-state index in [9.17, 15) is 18.0 Å². The first-order chi connectivity index (χ1) is 7.78. The maximum atomic E-state index is 12.1. The normalized spacial score (nSPS) is 11.6. The number of hydrogen-bond donors (Lipinski definition) is 1. The highest BCUT2D eigenvalue weighted by molar-refractivity contribution is 8.00. The third kappa shape index (κ3) is 5.12. The largest absolute Gasteiger partial charge is 0.446 e. The van der Waals surface area contributed by atoms with Crippen LogP contribution in [0.3, 0.4) is 0 Å². The molecule has 2 nitrogen and oxygen atoms in total. The predicted molar refractivity (Wildman–Crippen MR) is 61.8 cm³/mol. The van der Waals surface area contributed by atoms with Crippen molar-refractivity contribution in [2.45, 2.75) is 24.3 Å². The average Bonchev–Trinajstić information content (AvgIpc) is 2.18. The first-order valence-electron chi connectivity index (χ1n) is 4.94. The molecule has 17 heavy (non-hydrogen) atoms. The molecule has 0 saturated carbocycles. The van der Waals surface area contributed by atoms with Crippen LogP contribution in [0.15, 0.2) is 29.2 Å². The van der Waals surface area contributed by atoms with Crippen molar-refractivity contribution >= 4 is 23.4 Å². The zero-order chi connectivity index (χ0) is 13.1. The molecule has 1 rings (SSSR count). The van der Waals surface area contributed by atoms with Gasteiger partial charge < -0.3 is 5.32 Å². The second-order valence-electron chi connectivity index (χ2n) is 3.72. The number of anilines is 1. The first-order valence-corrected chi connectivity index (χ1v) is 5.76. The highest BCUT2D eigenvalue weighted by atomic mass is 32.2. The van der Waals surface area contributed by atoms with Crippen molar-refractivity contribution in [2.24, 2.45) is 5.92 Å². The minimum absolute atomic E-state index is 0.0973. The minimum atomic E-state index is -4.29. The van der Waals surface area contributed by atoms with Crippen LogP contribution >= 0.6 is 11.8 Å². The summed E-state index contributed by atoms with van der Waals surface area (Å²) in [5, 5.41) is 2.60. The molecule has 1 N–H and O–H groups in total. The molecule has 0 aliphatic heterocycles. The van der Waals surface area contributed by atoms with Crippen LogP contribution < -0.4 is 5.32 Å². The van der Waals surface area contributed by atoms with Gasteiger partial charge in [-0.05, 0) is 36.0 Å². The molecule has 0 saturated heterocycles. The minimum Gasteiger partial charge on any atom is -0.326 e. The maximum absolute atomic E-state index is 12.1. The van der Waals surface area contributed by atoms with Gasteiger partial charge >= 0.3 is 5.51 Å². The van der Waals surface area contributed by atoms with E-state index in [4.69, 9.17) is 0 Å². The lowest BCUT2D eigenvalue weighted by molar-refractivity contribution is -0.118. The monoisotopic (exact) mass is 263 g/mol. The SMILES string of the molecule is CC(C)C(=O)Nc1ccc(SC(F)(F)F)cc1. The molecule has 1 amide bonds. The van der Waals surface area contributed by atoms with Crippen LogP contribution in [0.25, 0.3) is 0 Å². The lowest BCUT2D eigenvalue weighted by Crippen LogP contribution is -2.17. The van der Waals surface area contributed by atoms with Gasteiger partial charge in [0.25, 0.3) is 0 Å². The first kappa shape index (κ1) is 13.9. The number of rotatable bonds is 3. The third-order valence-corrected chi connectivity index (χ3v) is 2.62. The quantitative estimate of drug-likeness (QED) is 0.838. The molecule has 0 fully saturated rings. The molecule has 1 aromatic rings. The number of halogens is 3. The van der Waals surface area contributed by atoms with Gasteiger partial charge in [-0.2, -0.15) is 13.2 Å². The van der Waals surface area contributed by atoms with Gasteiger partial charge in [-0.15, -0.1) is 0 Å². The molecule has 0 atom stereocenters. The van der Waals surface area contributed by atoms with Gasteiger partial charge in [0.05, 0.1) is 0 Å². The molecule has 6 heteroatoms. The molecule has 1 aromatic carbocycles. The second-order valence-corrected chi connectivity index (χ2v) is 4.85. The molecule has 0 aromatic heterocycles. The van der Waals surface area contributed by atoms with E-state index < -0.39 is 5.51 Å². The van der Waals surface area contributed by atoms with E-state index in [1.165, 1.54) is 24.3 Å². The van der Waals surface area contributed by atoms with Crippen molar-refractivity contribution < 1.29 is 18.0 Å². The summed E-state index contributed by atoms with van der Waals surface area (Å²) in [6, 6.07) is 5.56. The number of thioether (sulfide) groups is 1. The highest BCUT2D eigenvalue weighted by Gasteiger charge is 2.28. The summed E-state index contributed by atoms with van der Waals surface area (Å²) in [7, 11) is 0. The van der Waals surface area contributed by atoms with Gasteiger partial charge in [-0.3, -0.25) is 4.79 Å². The van der Waals surface area contributed by atoms with Gasteiger partial charge in [0.15, 0.2) is 0 Å². The van der Waals surface area contributed by atoms with Crippen molar-refractivity contribution in [3.05, 3.63) is 24.3 Å². The summed E-state index contributed by atoms with van der Waals surface area (Å²) in [5.41, 5.74) is -3.79. The molecule has 0 radical (unpaired) electrons. The molecule has 0 aliphatic rings. The Balaban J connectivity index is 2.65. The zero-order valence-electron chi connectivity index (χ0n) is 9.34. The van der Waals surface area contributed by atoms with E-state index in [0.717, 1.165) is 0 Å². The molecular weight excluding hydrogens is 251 g/mol. The fraction of sp³-hybridized carbons (Fsp3) is 0.364. The Bertz CT molecular complexity index is 387. The zero-order valence-corrected chi connectivity index (χ0v) is 10.2. The van der Waals surface area contributed by atoms with E-state index in [0.29, 0.717) is 5.69 Å². The fourth-order valence-electron chi connectivity index (χ4n) is 1.03. The molecule has 0 spiro atoms. The maximum Gasteiger partial charge on any atom is 0.446 e.